The van der Waals surface area contributed by atoms with Crippen molar-refractivity contribution in [3.63, 3.8) is 0 Å². The van der Waals surface area contributed by atoms with Gasteiger partial charge in [-0.25, -0.2) is 0 Å². The number of amides is 1. The van der Waals surface area contributed by atoms with E-state index in [0.29, 0.717) is 5.56 Å². The number of hydrogen-bond acceptors (Lipinski definition) is 5. The van der Waals surface area contributed by atoms with Crippen molar-refractivity contribution in [3.05, 3.63) is 78.1 Å². The number of morpholine rings is 1. The molecule has 1 amide bonds. The molecule has 1 saturated heterocycles. The van der Waals surface area contributed by atoms with E-state index in [1.54, 1.807) is 12.4 Å². The topological polar surface area (TPSA) is 66.5 Å². The first-order chi connectivity index (χ1) is 14.2. The van der Waals surface area contributed by atoms with E-state index in [4.69, 9.17) is 4.74 Å². The quantitative estimate of drug-likeness (QED) is 0.685. The van der Waals surface area contributed by atoms with Crippen molar-refractivity contribution in [1.29, 1.82) is 0 Å². The van der Waals surface area contributed by atoms with Gasteiger partial charge in [0, 0.05) is 25.0 Å². The first-order valence-electron chi connectivity index (χ1n) is 9.71. The second-order valence-electron chi connectivity index (χ2n) is 7.02. The lowest BCUT2D eigenvalue weighted by molar-refractivity contribution is 0.102. The smallest absolute Gasteiger partial charge is 0.257 e. The summed E-state index contributed by atoms with van der Waals surface area (Å²) in [6, 6.07) is 17.7. The molecule has 148 valence electrons. The van der Waals surface area contributed by atoms with Crippen molar-refractivity contribution in [2.75, 3.05) is 41.8 Å². The van der Waals surface area contributed by atoms with Gasteiger partial charge in [0.1, 0.15) is 0 Å². The van der Waals surface area contributed by atoms with Gasteiger partial charge in [-0.15, -0.1) is 0 Å². The molecule has 1 aromatic heterocycles. The highest BCUT2D eigenvalue weighted by Gasteiger charge is 2.15. The van der Waals surface area contributed by atoms with E-state index in [1.807, 2.05) is 55.5 Å². The van der Waals surface area contributed by atoms with Crippen molar-refractivity contribution >= 4 is 28.7 Å². The Morgan fingerprint density at radius 2 is 1.76 bits per heavy atom. The lowest BCUT2D eigenvalue weighted by atomic mass is 10.2. The normalized spacial score (nSPS) is 13.8. The van der Waals surface area contributed by atoms with Crippen LogP contribution in [-0.2, 0) is 4.74 Å². The molecule has 0 radical (unpaired) electrons. The zero-order valence-electron chi connectivity index (χ0n) is 16.4. The van der Waals surface area contributed by atoms with Gasteiger partial charge >= 0.3 is 0 Å². The van der Waals surface area contributed by atoms with Gasteiger partial charge in [-0.05, 0) is 37.3 Å². The average Bonchev–Trinajstić information content (AvgIpc) is 2.76. The van der Waals surface area contributed by atoms with E-state index >= 15 is 0 Å². The van der Waals surface area contributed by atoms with Gasteiger partial charge in [-0.1, -0.05) is 29.8 Å². The molecule has 0 aliphatic carbocycles. The number of nitrogens with one attached hydrogen (secondary N) is 2. The number of nitrogens with zero attached hydrogens (tertiary/aromatic N) is 2. The number of benzene rings is 2. The largest absolute Gasteiger partial charge is 0.378 e. The van der Waals surface area contributed by atoms with Gasteiger partial charge < -0.3 is 20.3 Å². The van der Waals surface area contributed by atoms with Crippen LogP contribution in [0.3, 0.4) is 0 Å². The van der Waals surface area contributed by atoms with Crippen LogP contribution < -0.4 is 15.5 Å². The fourth-order valence-electron chi connectivity index (χ4n) is 3.29. The third-order valence-electron chi connectivity index (χ3n) is 4.84. The molecule has 1 fully saturated rings. The van der Waals surface area contributed by atoms with Crippen molar-refractivity contribution in [2.45, 2.75) is 6.92 Å². The number of carbonyl (C=O) groups excluding carboxylic acids is 1. The third kappa shape index (κ3) is 4.73. The van der Waals surface area contributed by atoms with Gasteiger partial charge in [-0.3, -0.25) is 9.78 Å². The molecule has 4 rings (SSSR count). The highest BCUT2D eigenvalue weighted by molar-refractivity contribution is 6.04. The Labute approximate surface area is 170 Å². The Morgan fingerprint density at radius 1 is 1.00 bits per heavy atom. The minimum atomic E-state index is -0.188. The van der Waals surface area contributed by atoms with Crippen LogP contribution in [0.25, 0.3) is 0 Å². The summed E-state index contributed by atoms with van der Waals surface area (Å²) in [5.41, 5.74) is 5.27. The zero-order valence-corrected chi connectivity index (χ0v) is 16.4. The van der Waals surface area contributed by atoms with E-state index in [0.717, 1.165) is 54.6 Å². The number of rotatable bonds is 5. The summed E-state index contributed by atoms with van der Waals surface area (Å²) in [5, 5.41) is 6.32. The number of aromatic nitrogens is 1. The monoisotopic (exact) mass is 388 g/mol. The molecule has 1 aliphatic rings. The van der Waals surface area contributed by atoms with E-state index in [-0.39, 0.29) is 5.91 Å². The number of hydrogen-bond donors (Lipinski definition) is 2. The standard InChI is InChI=1S/C23H24N4O2/c1-17-6-8-19(9-7-17)26-23(28)18-14-20(16-24-15-18)25-21-4-2-3-5-22(21)27-10-12-29-13-11-27/h2-9,14-16,25H,10-13H2,1H3,(H,26,28). The summed E-state index contributed by atoms with van der Waals surface area (Å²) in [4.78, 5) is 19.2. The molecule has 0 bridgehead atoms. The first kappa shape index (κ1) is 19.0. The Hall–Kier alpha value is -3.38. The second-order valence-corrected chi connectivity index (χ2v) is 7.02. The molecule has 0 saturated carbocycles. The Morgan fingerprint density at radius 3 is 2.55 bits per heavy atom. The molecular weight excluding hydrogens is 364 g/mol. The Bertz CT molecular complexity index is 982. The average molecular weight is 388 g/mol. The third-order valence-corrected chi connectivity index (χ3v) is 4.84. The van der Waals surface area contributed by atoms with E-state index < -0.39 is 0 Å². The van der Waals surface area contributed by atoms with E-state index in [9.17, 15) is 4.79 Å². The van der Waals surface area contributed by atoms with Crippen molar-refractivity contribution < 1.29 is 9.53 Å². The van der Waals surface area contributed by atoms with Crippen LogP contribution in [0.15, 0.2) is 67.0 Å². The first-order valence-corrected chi connectivity index (χ1v) is 9.71. The fraction of sp³-hybridized carbons (Fsp3) is 0.217. The Balaban J connectivity index is 1.51. The molecule has 1 aliphatic heterocycles. The molecule has 2 aromatic carbocycles. The molecule has 3 aromatic rings. The van der Waals surface area contributed by atoms with Crippen LogP contribution in [-0.4, -0.2) is 37.2 Å². The van der Waals surface area contributed by atoms with E-state index in [2.05, 4.69) is 26.6 Å². The lowest BCUT2D eigenvalue weighted by Crippen LogP contribution is -2.36. The predicted octanol–water partition coefficient (Wildman–Crippen LogP) is 4.22. The molecule has 2 heterocycles. The van der Waals surface area contributed by atoms with Gasteiger partial charge in [-0.2, -0.15) is 0 Å². The van der Waals surface area contributed by atoms with Gasteiger partial charge in [0.25, 0.3) is 5.91 Å². The van der Waals surface area contributed by atoms with E-state index in [1.165, 1.54) is 0 Å². The number of carbonyl (C=O) groups is 1. The Kier molecular flexibility index (Phi) is 5.72. The number of anilines is 4. The van der Waals surface area contributed by atoms with Crippen LogP contribution in [0.4, 0.5) is 22.7 Å². The van der Waals surface area contributed by atoms with Crippen LogP contribution in [0.1, 0.15) is 15.9 Å². The molecule has 6 nitrogen and oxygen atoms in total. The summed E-state index contributed by atoms with van der Waals surface area (Å²) in [5.74, 6) is -0.188. The van der Waals surface area contributed by atoms with Gasteiger partial charge in [0.15, 0.2) is 0 Å². The molecule has 0 atom stereocenters. The molecule has 2 N–H and O–H groups in total. The highest BCUT2D eigenvalue weighted by atomic mass is 16.5. The minimum absolute atomic E-state index is 0.188. The maximum Gasteiger partial charge on any atom is 0.257 e. The molecule has 6 heteroatoms. The maximum absolute atomic E-state index is 12.6. The van der Waals surface area contributed by atoms with Crippen LogP contribution >= 0.6 is 0 Å². The number of para-hydroxylation sites is 2. The molecule has 0 unspecified atom stereocenters. The number of ether oxygens (including phenoxy) is 1. The van der Waals surface area contributed by atoms with Crippen LogP contribution in [0.5, 0.6) is 0 Å². The maximum atomic E-state index is 12.6. The predicted molar refractivity (Wildman–Crippen MR) is 116 cm³/mol. The summed E-state index contributed by atoms with van der Waals surface area (Å²) < 4.78 is 5.46. The summed E-state index contributed by atoms with van der Waals surface area (Å²) in [7, 11) is 0. The number of pyridine rings is 1. The van der Waals surface area contributed by atoms with Crippen molar-refractivity contribution in [2.24, 2.45) is 0 Å². The SMILES string of the molecule is Cc1ccc(NC(=O)c2cncc(Nc3ccccc3N3CCOCC3)c2)cc1. The zero-order chi connectivity index (χ0) is 20.1. The molecule has 29 heavy (non-hydrogen) atoms. The molecule has 0 spiro atoms. The highest BCUT2D eigenvalue weighted by Crippen LogP contribution is 2.29. The fourth-order valence-corrected chi connectivity index (χ4v) is 3.29. The number of aryl methyl sites for hydroxylation is 1. The summed E-state index contributed by atoms with van der Waals surface area (Å²) >= 11 is 0. The van der Waals surface area contributed by atoms with Crippen molar-refractivity contribution in [3.8, 4) is 0 Å². The van der Waals surface area contributed by atoms with Crippen molar-refractivity contribution in [1.82, 2.24) is 4.98 Å². The lowest BCUT2D eigenvalue weighted by Gasteiger charge is -2.30. The minimum Gasteiger partial charge on any atom is -0.378 e. The van der Waals surface area contributed by atoms with Crippen LogP contribution in [0, 0.1) is 6.92 Å². The summed E-state index contributed by atoms with van der Waals surface area (Å²) in [6.45, 7) is 5.18. The van der Waals surface area contributed by atoms with Gasteiger partial charge in [0.2, 0.25) is 0 Å². The van der Waals surface area contributed by atoms with Crippen LogP contribution in [0.2, 0.25) is 0 Å². The van der Waals surface area contributed by atoms with Gasteiger partial charge in [0.05, 0.1) is 42.0 Å². The summed E-state index contributed by atoms with van der Waals surface area (Å²) in [6.07, 6.45) is 3.29. The molecular formula is C23H24N4O2. The second kappa shape index (κ2) is 8.75.